The molecule has 0 aliphatic carbocycles. The fourth-order valence-electron chi connectivity index (χ4n) is 1.35. The van der Waals surface area contributed by atoms with Crippen LogP contribution in [0.4, 0.5) is 0 Å². The Labute approximate surface area is 98.8 Å². The van der Waals surface area contributed by atoms with E-state index in [0.29, 0.717) is 31.3 Å². The third-order valence-electron chi connectivity index (χ3n) is 2.10. The van der Waals surface area contributed by atoms with Crippen molar-refractivity contribution in [2.24, 2.45) is 5.92 Å². The zero-order valence-corrected chi connectivity index (χ0v) is 11.4. The van der Waals surface area contributed by atoms with Gasteiger partial charge in [0.1, 0.15) is 0 Å². The van der Waals surface area contributed by atoms with Gasteiger partial charge in [-0.2, -0.15) is 0 Å². The van der Waals surface area contributed by atoms with Crippen LogP contribution < -0.4 is 0 Å². The van der Waals surface area contributed by atoms with Crippen molar-refractivity contribution < 1.29 is 8.42 Å². The van der Waals surface area contributed by atoms with E-state index in [1.54, 1.807) is 4.31 Å². The lowest BCUT2D eigenvalue weighted by Crippen LogP contribution is -2.35. The molecule has 0 saturated heterocycles. The molecule has 92 valence electrons. The first-order valence-corrected chi connectivity index (χ1v) is 7.62. The van der Waals surface area contributed by atoms with Crippen LogP contribution in [0.15, 0.2) is 0 Å². The summed E-state index contributed by atoms with van der Waals surface area (Å²) in [7, 11) is -3.07. The van der Waals surface area contributed by atoms with E-state index in [9.17, 15) is 8.42 Å². The van der Waals surface area contributed by atoms with E-state index in [-0.39, 0.29) is 5.75 Å². The van der Waals surface area contributed by atoms with Gasteiger partial charge in [0.25, 0.3) is 0 Å². The first kappa shape index (κ1) is 15.2. The third-order valence-corrected chi connectivity index (χ3v) is 4.37. The van der Waals surface area contributed by atoms with Gasteiger partial charge in [-0.05, 0) is 18.8 Å². The minimum Gasteiger partial charge on any atom is -0.212 e. The molecule has 3 nitrogen and oxygen atoms in total. The average molecular weight is 256 g/mol. The molecule has 0 unspecified atom stereocenters. The Balaban J connectivity index is 4.26. The molecule has 0 N–H and O–H groups in total. The number of rotatable bonds is 8. The van der Waals surface area contributed by atoms with Gasteiger partial charge in [0.05, 0.1) is 5.75 Å². The van der Waals surface area contributed by atoms with E-state index in [4.69, 9.17) is 11.6 Å². The summed E-state index contributed by atoms with van der Waals surface area (Å²) in [6.07, 6.45) is 1.42. The Kier molecular flexibility index (Phi) is 7.57. The second-order valence-electron chi connectivity index (χ2n) is 4.06. The fraction of sp³-hybridized carbons (Fsp3) is 1.00. The van der Waals surface area contributed by atoms with Gasteiger partial charge in [0.2, 0.25) is 10.0 Å². The molecule has 5 heteroatoms. The van der Waals surface area contributed by atoms with Gasteiger partial charge in [0, 0.05) is 19.0 Å². The van der Waals surface area contributed by atoms with Crippen molar-refractivity contribution in [3.63, 3.8) is 0 Å². The molecule has 0 aliphatic rings. The summed E-state index contributed by atoms with van der Waals surface area (Å²) >= 11 is 5.52. The van der Waals surface area contributed by atoms with Gasteiger partial charge < -0.3 is 0 Å². The van der Waals surface area contributed by atoms with Crippen LogP contribution in [0.5, 0.6) is 0 Å². The van der Waals surface area contributed by atoms with E-state index in [0.717, 1.165) is 6.42 Å². The Morgan fingerprint density at radius 2 is 1.87 bits per heavy atom. The molecule has 0 aromatic rings. The standard InChI is InChI=1S/C10H22ClNO2S/c1-4-12(9-10(2)3)15(13,14)8-6-5-7-11/h10H,4-9H2,1-3H3. The highest BCUT2D eigenvalue weighted by atomic mass is 35.5. The molecule has 0 aromatic carbocycles. The highest BCUT2D eigenvalue weighted by Crippen LogP contribution is 2.08. The van der Waals surface area contributed by atoms with Crippen LogP contribution >= 0.6 is 11.6 Å². The van der Waals surface area contributed by atoms with Crippen LogP contribution in [0.3, 0.4) is 0 Å². The molecule has 0 rings (SSSR count). The molecule has 0 atom stereocenters. The predicted octanol–water partition coefficient (Wildman–Crippen LogP) is 2.31. The highest BCUT2D eigenvalue weighted by molar-refractivity contribution is 7.89. The maximum atomic E-state index is 11.9. The Morgan fingerprint density at radius 3 is 2.27 bits per heavy atom. The summed E-state index contributed by atoms with van der Waals surface area (Å²) in [5.74, 6) is 1.12. The summed E-state index contributed by atoms with van der Waals surface area (Å²) in [6.45, 7) is 7.09. The van der Waals surface area contributed by atoms with Gasteiger partial charge >= 0.3 is 0 Å². The normalized spacial score (nSPS) is 12.7. The second kappa shape index (κ2) is 7.47. The first-order chi connectivity index (χ1) is 6.94. The number of sulfonamides is 1. The van der Waals surface area contributed by atoms with Crippen molar-refractivity contribution in [2.75, 3.05) is 24.7 Å². The Morgan fingerprint density at radius 1 is 1.27 bits per heavy atom. The van der Waals surface area contributed by atoms with Crippen molar-refractivity contribution in [1.82, 2.24) is 4.31 Å². The van der Waals surface area contributed by atoms with E-state index in [1.165, 1.54) is 0 Å². The number of unbranched alkanes of at least 4 members (excludes halogenated alkanes) is 1. The number of nitrogens with zero attached hydrogens (tertiary/aromatic N) is 1. The lowest BCUT2D eigenvalue weighted by molar-refractivity contribution is 0.380. The lowest BCUT2D eigenvalue weighted by atomic mass is 10.2. The van der Waals surface area contributed by atoms with Gasteiger partial charge in [-0.25, -0.2) is 12.7 Å². The number of hydrogen-bond donors (Lipinski definition) is 0. The van der Waals surface area contributed by atoms with Crippen LogP contribution in [0, 0.1) is 5.92 Å². The van der Waals surface area contributed by atoms with Crippen molar-refractivity contribution in [2.45, 2.75) is 33.6 Å². The summed E-state index contributed by atoms with van der Waals surface area (Å²) in [6, 6.07) is 0. The highest BCUT2D eigenvalue weighted by Gasteiger charge is 2.20. The van der Waals surface area contributed by atoms with Crippen LogP contribution in [-0.4, -0.2) is 37.4 Å². The molecule has 0 aliphatic heterocycles. The van der Waals surface area contributed by atoms with E-state index < -0.39 is 10.0 Å². The van der Waals surface area contributed by atoms with E-state index >= 15 is 0 Å². The third kappa shape index (κ3) is 6.38. The van der Waals surface area contributed by atoms with Crippen molar-refractivity contribution in [3.8, 4) is 0 Å². The SMILES string of the molecule is CCN(CC(C)C)S(=O)(=O)CCCCCl. The van der Waals surface area contributed by atoms with Crippen LogP contribution in [0.25, 0.3) is 0 Å². The minimum absolute atomic E-state index is 0.223. The van der Waals surface area contributed by atoms with Crippen LogP contribution in [0.2, 0.25) is 0 Å². The quantitative estimate of drug-likeness (QED) is 0.493. The molecule has 0 heterocycles. The molecule has 0 spiro atoms. The molecule has 0 radical (unpaired) electrons. The zero-order chi connectivity index (χ0) is 11.9. The maximum absolute atomic E-state index is 11.9. The fourth-order valence-corrected chi connectivity index (χ4v) is 3.29. The van der Waals surface area contributed by atoms with E-state index in [1.807, 2.05) is 20.8 Å². The average Bonchev–Trinajstić information content (AvgIpc) is 2.14. The largest absolute Gasteiger partial charge is 0.214 e. The van der Waals surface area contributed by atoms with Crippen LogP contribution in [0.1, 0.15) is 33.6 Å². The summed E-state index contributed by atoms with van der Waals surface area (Å²) < 4.78 is 25.3. The number of halogens is 1. The Bertz CT molecular complexity index is 252. The van der Waals surface area contributed by atoms with E-state index in [2.05, 4.69) is 0 Å². The lowest BCUT2D eigenvalue weighted by Gasteiger charge is -2.22. The van der Waals surface area contributed by atoms with Gasteiger partial charge in [-0.15, -0.1) is 11.6 Å². The summed E-state index contributed by atoms with van der Waals surface area (Å²) in [5.41, 5.74) is 0. The summed E-state index contributed by atoms with van der Waals surface area (Å²) in [5, 5.41) is 0. The van der Waals surface area contributed by atoms with Gasteiger partial charge in [-0.3, -0.25) is 0 Å². The molecular formula is C10H22ClNO2S. The molecule has 0 amide bonds. The van der Waals surface area contributed by atoms with Gasteiger partial charge in [-0.1, -0.05) is 20.8 Å². The van der Waals surface area contributed by atoms with Crippen molar-refractivity contribution >= 4 is 21.6 Å². The smallest absolute Gasteiger partial charge is 0.212 e. The van der Waals surface area contributed by atoms with Gasteiger partial charge in [0.15, 0.2) is 0 Å². The topological polar surface area (TPSA) is 37.4 Å². The maximum Gasteiger partial charge on any atom is 0.214 e. The van der Waals surface area contributed by atoms with Crippen molar-refractivity contribution in [3.05, 3.63) is 0 Å². The Hall–Kier alpha value is 0.200. The number of hydrogen-bond acceptors (Lipinski definition) is 2. The monoisotopic (exact) mass is 255 g/mol. The molecule has 0 saturated carbocycles. The molecule has 0 aromatic heterocycles. The molecule has 0 bridgehead atoms. The van der Waals surface area contributed by atoms with Crippen molar-refractivity contribution in [1.29, 1.82) is 0 Å². The minimum atomic E-state index is -3.07. The number of alkyl halides is 1. The molecule has 0 fully saturated rings. The second-order valence-corrected chi connectivity index (χ2v) is 6.52. The molecule has 15 heavy (non-hydrogen) atoms. The molecular weight excluding hydrogens is 234 g/mol. The first-order valence-electron chi connectivity index (χ1n) is 5.47. The zero-order valence-electron chi connectivity index (χ0n) is 9.87. The predicted molar refractivity (Wildman–Crippen MR) is 65.8 cm³/mol. The van der Waals surface area contributed by atoms with Crippen LogP contribution in [-0.2, 0) is 10.0 Å². The summed E-state index contributed by atoms with van der Waals surface area (Å²) in [4.78, 5) is 0.